The van der Waals surface area contributed by atoms with Crippen molar-refractivity contribution < 1.29 is 15.5 Å². The molecule has 4 aromatic rings. The molecular weight excluding hydrogens is 428 g/mol. The average molecular weight is 448 g/mol. The van der Waals surface area contributed by atoms with Gasteiger partial charge in [-0.05, 0) is 48.5 Å². The lowest BCUT2D eigenvalue weighted by atomic mass is 10.3. The molecule has 0 N–H and O–H groups in total. The van der Waals surface area contributed by atoms with Crippen LogP contribution in [-0.2, 0) is 10.9 Å². The Kier molecular flexibility index (Phi) is 4.75. The monoisotopic (exact) mass is 447 g/mol. The van der Waals surface area contributed by atoms with Gasteiger partial charge in [-0.15, -0.1) is 15.5 Å². The maximum atomic E-state index is 15.3. The summed E-state index contributed by atoms with van der Waals surface area (Å²) in [6, 6.07) is 28.8. The molecule has 0 nitrogen and oxygen atoms in total. The molecule has 6 heteroatoms. The summed E-state index contributed by atoms with van der Waals surface area (Å²) in [6.45, 7) is 0. The van der Waals surface area contributed by atoms with Crippen LogP contribution in [0.5, 0.6) is 0 Å². The van der Waals surface area contributed by atoms with Crippen molar-refractivity contribution in [1.29, 1.82) is 0 Å². The second-order valence-corrected chi connectivity index (χ2v) is 11.9. The lowest BCUT2D eigenvalue weighted by Gasteiger charge is -2.50. The van der Waals surface area contributed by atoms with E-state index in [1.807, 2.05) is 60.7 Å². The standard InChI is InChI=1S/C24H19F4S2/c25-30(26,27,28,23-16-8-3-9-17-23)24-18-10-15-22(19-24)29(20-11-4-1-5-12-20)21-13-6-2-7-14-21/h1-19H/q+1. The molecule has 4 rings (SSSR count). The van der Waals surface area contributed by atoms with E-state index in [1.54, 1.807) is 6.07 Å². The molecule has 154 valence electrons. The third kappa shape index (κ3) is 3.73. The minimum Gasteiger partial charge on any atom is -0.116 e. The third-order valence-corrected chi connectivity index (χ3v) is 9.33. The van der Waals surface area contributed by atoms with Gasteiger partial charge in [0.2, 0.25) is 9.84 Å². The fraction of sp³-hybridized carbons (Fsp3) is 0. The van der Waals surface area contributed by atoms with Crippen LogP contribution in [0, 0.1) is 0 Å². The smallest absolute Gasteiger partial charge is 0.116 e. The second kappa shape index (κ2) is 6.93. The van der Waals surface area contributed by atoms with Crippen LogP contribution < -0.4 is 0 Å². The maximum Gasteiger partial charge on any atom is 0.209 e. The molecule has 0 bridgehead atoms. The van der Waals surface area contributed by atoms with Gasteiger partial charge in [-0.25, -0.2) is 0 Å². The van der Waals surface area contributed by atoms with Crippen molar-refractivity contribution in [3.63, 3.8) is 0 Å². The van der Waals surface area contributed by atoms with Crippen LogP contribution in [0.15, 0.2) is 140 Å². The first kappa shape index (κ1) is 20.6. The molecule has 0 atom stereocenters. The molecule has 0 heterocycles. The predicted octanol–water partition coefficient (Wildman–Crippen LogP) is 8.61. The first-order chi connectivity index (χ1) is 14.2. The molecule has 0 amide bonds. The largest absolute Gasteiger partial charge is 0.209 e. The molecule has 0 aromatic heterocycles. The molecule has 0 saturated heterocycles. The average Bonchev–Trinajstić information content (AvgIpc) is 2.76. The quantitative estimate of drug-likeness (QED) is 0.212. The summed E-state index contributed by atoms with van der Waals surface area (Å²) in [5, 5.41) is 0. The van der Waals surface area contributed by atoms with E-state index in [4.69, 9.17) is 0 Å². The number of benzene rings is 4. The van der Waals surface area contributed by atoms with Crippen molar-refractivity contribution in [2.75, 3.05) is 0 Å². The van der Waals surface area contributed by atoms with Crippen molar-refractivity contribution in [1.82, 2.24) is 0 Å². The molecule has 4 aromatic carbocycles. The van der Waals surface area contributed by atoms with E-state index >= 15 is 15.5 Å². The SMILES string of the molecule is FS(F)(F)(F)(c1ccccc1)c1cccc([S+](c2ccccc2)c2ccccc2)c1. The van der Waals surface area contributed by atoms with Crippen LogP contribution >= 0.6 is 9.84 Å². The number of hydrogen-bond acceptors (Lipinski definition) is 0. The van der Waals surface area contributed by atoms with Crippen molar-refractivity contribution in [3.05, 3.63) is 115 Å². The zero-order chi connectivity index (χ0) is 21.3. The Bertz CT molecular complexity index is 1120. The van der Waals surface area contributed by atoms with Crippen LogP contribution in [0.25, 0.3) is 0 Å². The van der Waals surface area contributed by atoms with Gasteiger partial charge in [-0.1, -0.05) is 60.7 Å². The van der Waals surface area contributed by atoms with E-state index < -0.39 is 30.5 Å². The molecule has 0 saturated carbocycles. The highest BCUT2D eigenvalue weighted by Crippen LogP contribution is 3.04. The summed E-state index contributed by atoms with van der Waals surface area (Å²) in [4.78, 5) is -0.332. The fourth-order valence-electron chi connectivity index (χ4n) is 3.21. The van der Waals surface area contributed by atoms with Gasteiger partial charge in [-0.3, -0.25) is 0 Å². The molecule has 0 fully saturated rings. The molecule has 0 unspecified atom stereocenters. The van der Waals surface area contributed by atoms with E-state index in [2.05, 4.69) is 0 Å². The van der Waals surface area contributed by atoms with Crippen LogP contribution in [0.2, 0.25) is 0 Å². The third-order valence-electron chi connectivity index (χ3n) is 4.69. The van der Waals surface area contributed by atoms with Gasteiger partial charge in [-0.2, -0.15) is 0 Å². The summed E-state index contributed by atoms with van der Waals surface area (Å²) >= 11 is 0. The minimum absolute atomic E-state index is 0.413. The van der Waals surface area contributed by atoms with Crippen LogP contribution in [0.4, 0.5) is 15.5 Å². The normalized spacial score (nSPS) is 14.2. The van der Waals surface area contributed by atoms with Crippen molar-refractivity contribution >= 4 is 20.7 Å². The summed E-state index contributed by atoms with van der Waals surface area (Å²) < 4.78 is 61.2. The molecule has 0 aliphatic carbocycles. The molecular formula is C24H19F4S2+. The highest BCUT2D eigenvalue weighted by Gasteiger charge is 2.66. The lowest BCUT2D eigenvalue weighted by Crippen LogP contribution is -2.15. The van der Waals surface area contributed by atoms with Crippen LogP contribution in [0.3, 0.4) is 0 Å². The zero-order valence-electron chi connectivity index (χ0n) is 15.8. The minimum atomic E-state index is -8.68. The summed E-state index contributed by atoms with van der Waals surface area (Å²) in [6.07, 6.45) is 0. The second-order valence-electron chi connectivity index (χ2n) is 6.79. The van der Waals surface area contributed by atoms with E-state index in [0.717, 1.165) is 34.1 Å². The van der Waals surface area contributed by atoms with Gasteiger partial charge >= 0.3 is 0 Å². The zero-order valence-corrected chi connectivity index (χ0v) is 17.4. The Morgan fingerprint density at radius 2 is 0.833 bits per heavy atom. The van der Waals surface area contributed by atoms with Gasteiger partial charge in [0.05, 0.1) is 20.7 Å². The van der Waals surface area contributed by atoms with E-state index in [9.17, 15) is 0 Å². The summed E-state index contributed by atoms with van der Waals surface area (Å²) in [5.74, 6) is 0. The van der Waals surface area contributed by atoms with E-state index in [1.165, 1.54) is 24.3 Å². The van der Waals surface area contributed by atoms with Crippen molar-refractivity contribution in [2.45, 2.75) is 24.5 Å². The number of rotatable bonds is 5. The molecule has 0 aliphatic rings. The van der Waals surface area contributed by atoms with Crippen molar-refractivity contribution in [2.24, 2.45) is 0 Å². The highest BCUT2D eigenvalue weighted by atomic mass is 32.5. The topological polar surface area (TPSA) is 0 Å². The van der Waals surface area contributed by atoms with Crippen molar-refractivity contribution in [3.8, 4) is 0 Å². The Morgan fingerprint density at radius 3 is 1.33 bits per heavy atom. The summed E-state index contributed by atoms with van der Waals surface area (Å²) in [7, 11) is -9.48. The fourth-order valence-corrected chi connectivity index (χ4v) is 7.11. The number of hydrogen-bond donors (Lipinski definition) is 0. The van der Waals surface area contributed by atoms with E-state index in [-0.39, 0.29) is 0 Å². The lowest BCUT2D eigenvalue weighted by molar-refractivity contribution is 0.443. The Hall–Kier alpha value is -2.70. The first-order valence-electron chi connectivity index (χ1n) is 9.19. The van der Waals surface area contributed by atoms with Gasteiger partial charge < -0.3 is 0 Å². The predicted molar refractivity (Wildman–Crippen MR) is 116 cm³/mol. The van der Waals surface area contributed by atoms with Crippen LogP contribution in [0.1, 0.15) is 0 Å². The van der Waals surface area contributed by atoms with Gasteiger partial charge in [0, 0.05) is 6.07 Å². The van der Waals surface area contributed by atoms with Gasteiger partial charge in [0.15, 0.2) is 14.7 Å². The molecule has 0 aliphatic heterocycles. The van der Waals surface area contributed by atoms with Crippen LogP contribution in [-0.4, -0.2) is 0 Å². The summed E-state index contributed by atoms with van der Waals surface area (Å²) in [5.41, 5.74) is 0. The van der Waals surface area contributed by atoms with E-state index in [0.29, 0.717) is 4.90 Å². The maximum absolute atomic E-state index is 15.3. The number of halogens is 4. The van der Waals surface area contributed by atoms with Gasteiger partial charge in [0.1, 0.15) is 0 Å². The Morgan fingerprint density at radius 1 is 0.433 bits per heavy atom. The highest BCUT2D eigenvalue weighted by molar-refractivity contribution is 8.49. The first-order valence-corrected chi connectivity index (χ1v) is 12.5. The molecule has 0 spiro atoms. The molecule has 30 heavy (non-hydrogen) atoms. The van der Waals surface area contributed by atoms with Gasteiger partial charge in [0.25, 0.3) is 0 Å². The Labute approximate surface area is 176 Å². The Balaban J connectivity index is 1.92. The molecule has 0 radical (unpaired) electrons.